The van der Waals surface area contributed by atoms with Gasteiger partial charge < -0.3 is 4.42 Å². The molecule has 0 aliphatic rings. The molecule has 5 aromatic rings. The van der Waals surface area contributed by atoms with Crippen molar-refractivity contribution in [3.8, 4) is 11.4 Å². The van der Waals surface area contributed by atoms with Crippen LogP contribution in [0.25, 0.3) is 44.2 Å². The zero-order valence-corrected chi connectivity index (χ0v) is 12.1. The molecule has 0 aliphatic carbocycles. The molecular formula is C19H11N3O. The van der Waals surface area contributed by atoms with E-state index in [1.165, 1.54) is 0 Å². The Labute approximate surface area is 131 Å². The van der Waals surface area contributed by atoms with Crippen molar-refractivity contribution in [3.05, 3.63) is 67.1 Å². The molecule has 0 radical (unpaired) electrons. The summed E-state index contributed by atoms with van der Waals surface area (Å²) in [5.41, 5.74) is 4.16. The smallest absolute Gasteiger partial charge is 0.139 e. The SMILES string of the molecule is c1ccc2c(c1)oc1cc(-c3ccc4ccncc4n3)ncc12. The lowest BCUT2D eigenvalue weighted by Gasteiger charge is -2.02. The third-order valence-electron chi connectivity index (χ3n) is 4.02. The zero-order valence-electron chi connectivity index (χ0n) is 12.1. The Morgan fingerprint density at radius 1 is 0.783 bits per heavy atom. The van der Waals surface area contributed by atoms with Crippen molar-refractivity contribution in [2.45, 2.75) is 0 Å². The molecule has 23 heavy (non-hydrogen) atoms. The maximum Gasteiger partial charge on any atom is 0.139 e. The molecule has 0 fully saturated rings. The lowest BCUT2D eigenvalue weighted by Crippen LogP contribution is -1.88. The van der Waals surface area contributed by atoms with Crippen LogP contribution in [0.4, 0.5) is 0 Å². The first kappa shape index (κ1) is 12.3. The Bertz CT molecular complexity index is 1180. The summed E-state index contributed by atoms with van der Waals surface area (Å²) in [5.74, 6) is 0. The minimum atomic E-state index is 0.794. The number of fused-ring (bicyclic) bond motifs is 4. The Hall–Kier alpha value is -3.27. The number of rotatable bonds is 1. The van der Waals surface area contributed by atoms with Gasteiger partial charge in [-0.1, -0.05) is 24.3 Å². The average molecular weight is 297 g/mol. The predicted molar refractivity (Wildman–Crippen MR) is 90.0 cm³/mol. The van der Waals surface area contributed by atoms with E-state index in [2.05, 4.69) is 15.0 Å². The number of nitrogens with zero attached hydrogens (tertiary/aromatic N) is 3. The van der Waals surface area contributed by atoms with Gasteiger partial charge in [-0.05, 0) is 18.2 Å². The standard InChI is InChI=1S/C19H11N3O/c1-2-4-18-13(3-1)14-10-21-16(9-19(14)23-18)15-6-5-12-7-8-20-11-17(12)22-15/h1-11H. The fourth-order valence-electron chi connectivity index (χ4n) is 2.87. The van der Waals surface area contributed by atoms with Gasteiger partial charge >= 0.3 is 0 Å². The number of hydrogen-bond acceptors (Lipinski definition) is 4. The first-order chi connectivity index (χ1) is 11.4. The van der Waals surface area contributed by atoms with Crippen molar-refractivity contribution >= 4 is 32.8 Å². The first-order valence-electron chi connectivity index (χ1n) is 7.37. The Morgan fingerprint density at radius 2 is 1.74 bits per heavy atom. The van der Waals surface area contributed by atoms with E-state index in [4.69, 9.17) is 4.42 Å². The van der Waals surface area contributed by atoms with E-state index in [0.717, 1.165) is 44.2 Å². The molecule has 5 rings (SSSR count). The molecule has 4 aromatic heterocycles. The van der Waals surface area contributed by atoms with Crippen molar-refractivity contribution in [1.29, 1.82) is 0 Å². The number of pyridine rings is 3. The summed E-state index contributed by atoms with van der Waals surface area (Å²) in [7, 11) is 0. The van der Waals surface area contributed by atoms with Crippen LogP contribution in [-0.4, -0.2) is 15.0 Å². The number of aromatic nitrogens is 3. The van der Waals surface area contributed by atoms with Crippen LogP contribution in [-0.2, 0) is 0 Å². The van der Waals surface area contributed by atoms with Crippen molar-refractivity contribution in [2.75, 3.05) is 0 Å². The number of para-hydroxylation sites is 1. The average Bonchev–Trinajstić information content (AvgIpc) is 2.99. The molecule has 0 aliphatic heterocycles. The second-order valence-electron chi connectivity index (χ2n) is 5.43. The number of hydrogen-bond donors (Lipinski definition) is 0. The van der Waals surface area contributed by atoms with Crippen molar-refractivity contribution in [1.82, 2.24) is 15.0 Å². The largest absolute Gasteiger partial charge is 0.456 e. The van der Waals surface area contributed by atoms with Crippen LogP contribution in [0, 0.1) is 0 Å². The molecule has 0 saturated carbocycles. The van der Waals surface area contributed by atoms with Gasteiger partial charge in [-0.2, -0.15) is 0 Å². The highest BCUT2D eigenvalue weighted by molar-refractivity contribution is 6.05. The van der Waals surface area contributed by atoms with Gasteiger partial charge in [0.05, 0.1) is 23.1 Å². The van der Waals surface area contributed by atoms with Crippen molar-refractivity contribution < 1.29 is 4.42 Å². The summed E-state index contributed by atoms with van der Waals surface area (Å²) < 4.78 is 5.92. The van der Waals surface area contributed by atoms with Crippen LogP contribution in [0.2, 0.25) is 0 Å². The van der Waals surface area contributed by atoms with Gasteiger partial charge in [0.2, 0.25) is 0 Å². The van der Waals surface area contributed by atoms with E-state index in [1.54, 1.807) is 12.4 Å². The van der Waals surface area contributed by atoms with E-state index >= 15 is 0 Å². The molecule has 0 bridgehead atoms. The van der Waals surface area contributed by atoms with E-state index < -0.39 is 0 Å². The third-order valence-corrected chi connectivity index (χ3v) is 4.02. The molecule has 4 heteroatoms. The summed E-state index contributed by atoms with van der Waals surface area (Å²) in [6.45, 7) is 0. The maximum absolute atomic E-state index is 5.92. The second kappa shape index (κ2) is 4.61. The highest BCUT2D eigenvalue weighted by Crippen LogP contribution is 2.30. The van der Waals surface area contributed by atoms with E-state index in [9.17, 15) is 0 Å². The fraction of sp³-hybridized carbons (Fsp3) is 0. The van der Waals surface area contributed by atoms with E-state index in [-0.39, 0.29) is 0 Å². The van der Waals surface area contributed by atoms with Gasteiger partial charge in [-0.3, -0.25) is 9.97 Å². The van der Waals surface area contributed by atoms with Crippen molar-refractivity contribution in [2.24, 2.45) is 0 Å². The Balaban J connectivity index is 1.73. The van der Waals surface area contributed by atoms with Crippen molar-refractivity contribution in [3.63, 3.8) is 0 Å². The Kier molecular flexibility index (Phi) is 2.46. The molecule has 4 heterocycles. The molecule has 0 atom stereocenters. The summed E-state index contributed by atoms with van der Waals surface area (Å²) in [5, 5.41) is 3.16. The molecule has 4 nitrogen and oxygen atoms in total. The van der Waals surface area contributed by atoms with Crippen LogP contribution in [0.15, 0.2) is 71.5 Å². The summed E-state index contributed by atoms with van der Waals surface area (Å²) >= 11 is 0. The minimum absolute atomic E-state index is 0.794. The molecule has 108 valence electrons. The van der Waals surface area contributed by atoms with Crippen LogP contribution in [0.3, 0.4) is 0 Å². The molecule has 0 saturated heterocycles. The Morgan fingerprint density at radius 3 is 2.74 bits per heavy atom. The monoisotopic (exact) mass is 297 g/mol. The lowest BCUT2D eigenvalue weighted by molar-refractivity contribution is 0.668. The molecule has 0 amide bonds. The van der Waals surface area contributed by atoms with Gasteiger partial charge in [-0.25, -0.2) is 4.98 Å². The highest BCUT2D eigenvalue weighted by Gasteiger charge is 2.10. The third kappa shape index (κ3) is 1.89. The van der Waals surface area contributed by atoms with E-state index in [0.29, 0.717) is 0 Å². The number of furan rings is 1. The minimum Gasteiger partial charge on any atom is -0.456 e. The van der Waals surface area contributed by atoms with Gasteiger partial charge in [0, 0.05) is 34.6 Å². The molecule has 0 spiro atoms. The van der Waals surface area contributed by atoms with Crippen LogP contribution >= 0.6 is 0 Å². The quantitative estimate of drug-likeness (QED) is 0.454. The summed E-state index contributed by atoms with van der Waals surface area (Å²) in [6, 6.07) is 15.9. The van der Waals surface area contributed by atoms with Gasteiger partial charge in [-0.15, -0.1) is 0 Å². The topological polar surface area (TPSA) is 51.8 Å². The molecule has 0 unspecified atom stereocenters. The molecule has 1 aromatic carbocycles. The first-order valence-corrected chi connectivity index (χ1v) is 7.37. The molecule has 0 N–H and O–H groups in total. The summed E-state index contributed by atoms with van der Waals surface area (Å²) in [6.07, 6.45) is 5.38. The van der Waals surface area contributed by atoms with Gasteiger partial charge in [0.15, 0.2) is 0 Å². The van der Waals surface area contributed by atoms with Gasteiger partial charge in [0.25, 0.3) is 0 Å². The fourth-order valence-corrected chi connectivity index (χ4v) is 2.87. The normalized spacial score (nSPS) is 11.5. The zero-order chi connectivity index (χ0) is 15.2. The second-order valence-corrected chi connectivity index (χ2v) is 5.43. The van der Waals surface area contributed by atoms with Crippen LogP contribution in [0.5, 0.6) is 0 Å². The highest BCUT2D eigenvalue weighted by atomic mass is 16.3. The molecular weight excluding hydrogens is 286 g/mol. The number of benzene rings is 1. The predicted octanol–water partition coefficient (Wildman–Crippen LogP) is 4.59. The summed E-state index contributed by atoms with van der Waals surface area (Å²) in [4.78, 5) is 13.3. The van der Waals surface area contributed by atoms with Crippen LogP contribution < -0.4 is 0 Å². The van der Waals surface area contributed by atoms with Crippen LogP contribution in [0.1, 0.15) is 0 Å². The lowest BCUT2D eigenvalue weighted by atomic mass is 10.1. The van der Waals surface area contributed by atoms with Gasteiger partial charge in [0.1, 0.15) is 11.2 Å². The maximum atomic E-state index is 5.92. The van der Waals surface area contributed by atoms with E-state index in [1.807, 2.05) is 54.7 Å².